The van der Waals surface area contributed by atoms with Crippen LogP contribution >= 0.6 is 0 Å². The van der Waals surface area contributed by atoms with Gasteiger partial charge in [0.25, 0.3) is 5.56 Å². The third-order valence-electron chi connectivity index (χ3n) is 3.49. The number of halogens is 3. The number of hydrogen-bond acceptors (Lipinski definition) is 3. The first-order valence-electron chi connectivity index (χ1n) is 7.05. The summed E-state index contributed by atoms with van der Waals surface area (Å²) in [7, 11) is 0. The van der Waals surface area contributed by atoms with Crippen LogP contribution in [-0.2, 0) is 6.18 Å². The summed E-state index contributed by atoms with van der Waals surface area (Å²) in [6.45, 7) is 1.63. The molecule has 1 aromatic carbocycles. The smallest absolute Gasteiger partial charge is 0.267 e. The minimum atomic E-state index is -4.39. The van der Waals surface area contributed by atoms with Gasteiger partial charge in [-0.15, -0.1) is 0 Å². The van der Waals surface area contributed by atoms with E-state index in [-0.39, 0.29) is 5.56 Å². The summed E-state index contributed by atoms with van der Waals surface area (Å²) < 4.78 is 39.2. The molecule has 122 valence electrons. The summed E-state index contributed by atoms with van der Waals surface area (Å²) in [5.41, 5.74) is 0.777. The molecule has 0 fully saturated rings. The van der Waals surface area contributed by atoms with Crippen LogP contribution in [0.2, 0.25) is 0 Å². The third kappa shape index (κ3) is 3.05. The highest BCUT2D eigenvalue weighted by Crippen LogP contribution is 2.30. The van der Waals surface area contributed by atoms with Gasteiger partial charge >= 0.3 is 6.18 Å². The first kappa shape index (κ1) is 15.9. The molecular weight excluding hydrogens is 319 g/mol. The molecule has 0 spiro atoms. The van der Waals surface area contributed by atoms with Gasteiger partial charge in [-0.25, -0.2) is 0 Å². The SMILES string of the molecule is Cc1cc(-c2ccc(C(F)(F)F)cc2)nn(-c2cccnc2)c1=O. The second-order valence-electron chi connectivity index (χ2n) is 5.22. The molecule has 0 saturated heterocycles. The Kier molecular flexibility index (Phi) is 3.92. The Hall–Kier alpha value is -2.96. The first-order valence-corrected chi connectivity index (χ1v) is 7.05. The quantitative estimate of drug-likeness (QED) is 0.720. The van der Waals surface area contributed by atoms with E-state index in [9.17, 15) is 18.0 Å². The molecule has 0 unspecified atom stereocenters. The molecular formula is C17H12F3N3O. The minimum Gasteiger partial charge on any atom is -0.267 e. The van der Waals surface area contributed by atoms with Crippen LogP contribution in [0.1, 0.15) is 11.1 Å². The highest BCUT2D eigenvalue weighted by atomic mass is 19.4. The number of rotatable bonds is 2. The van der Waals surface area contributed by atoms with E-state index in [1.54, 1.807) is 31.3 Å². The van der Waals surface area contributed by atoms with Gasteiger partial charge in [-0.05, 0) is 37.3 Å². The van der Waals surface area contributed by atoms with Crippen molar-refractivity contribution in [3.8, 4) is 16.9 Å². The van der Waals surface area contributed by atoms with Gasteiger partial charge in [0.05, 0.1) is 23.1 Å². The van der Waals surface area contributed by atoms with Gasteiger partial charge in [-0.2, -0.15) is 23.0 Å². The first-order chi connectivity index (χ1) is 11.4. The van der Waals surface area contributed by atoms with E-state index >= 15 is 0 Å². The van der Waals surface area contributed by atoms with Crippen molar-refractivity contribution in [1.82, 2.24) is 14.8 Å². The van der Waals surface area contributed by atoms with Gasteiger partial charge in [0.2, 0.25) is 0 Å². The van der Waals surface area contributed by atoms with Crippen LogP contribution in [0.4, 0.5) is 13.2 Å². The van der Waals surface area contributed by atoms with E-state index in [2.05, 4.69) is 10.1 Å². The molecule has 24 heavy (non-hydrogen) atoms. The van der Waals surface area contributed by atoms with E-state index in [1.807, 2.05) is 0 Å². The lowest BCUT2D eigenvalue weighted by Crippen LogP contribution is -2.23. The van der Waals surface area contributed by atoms with Crippen LogP contribution in [0.25, 0.3) is 16.9 Å². The molecule has 0 aliphatic heterocycles. The fourth-order valence-electron chi connectivity index (χ4n) is 2.24. The van der Waals surface area contributed by atoms with Crippen molar-refractivity contribution in [3.05, 3.63) is 76.3 Å². The number of pyridine rings is 1. The second kappa shape index (κ2) is 5.92. The summed E-state index contributed by atoms with van der Waals surface area (Å²) in [4.78, 5) is 16.2. The van der Waals surface area contributed by atoms with Crippen LogP contribution in [0.3, 0.4) is 0 Å². The number of alkyl halides is 3. The standard InChI is InChI=1S/C17H12F3N3O/c1-11-9-15(12-4-6-13(7-5-12)17(18,19)20)22-23(16(11)24)14-3-2-8-21-10-14/h2-10H,1H3. The van der Waals surface area contributed by atoms with Crippen molar-refractivity contribution in [2.75, 3.05) is 0 Å². The van der Waals surface area contributed by atoms with E-state index in [0.717, 1.165) is 12.1 Å². The van der Waals surface area contributed by atoms with Crippen molar-refractivity contribution in [1.29, 1.82) is 0 Å². The maximum Gasteiger partial charge on any atom is 0.416 e. The topological polar surface area (TPSA) is 47.8 Å². The van der Waals surface area contributed by atoms with Gasteiger partial charge in [0.15, 0.2) is 0 Å². The lowest BCUT2D eigenvalue weighted by Gasteiger charge is -2.10. The summed E-state index contributed by atoms with van der Waals surface area (Å²) in [5, 5.41) is 4.25. The van der Waals surface area contributed by atoms with Crippen LogP contribution in [0, 0.1) is 6.92 Å². The third-order valence-corrected chi connectivity index (χ3v) is 3.49. The molecule has 3 aromatic rings. The Balaban J connectivity index is 2.10. The summed E-state index contributed by atoms with van der Waals surface area (Å²) in [5.74, 6) is 0. The predicted molar refractivity (Wildman–Crippen MR) is 82.8 cm³/mol. The zero-order valence-corrected chi connectivity index (χ0v) is 12.6. The second-order valence-corrected chi connectivity index (χ2v) is 5.22. The zero-order valence-electron chi connectivity index (χ0n) is 12.6. The number of aryl methyl sites for hydroxylation is 1. The fraction of sp³-hybridized carbons (Fsp3) is 0.118. The zero-order chi connectivity index (χ0) is 17.3. The Morgan fingerprint density at radius 3 is 2.38 bits per heavy atom. The van der Waals surface area contributed by atoms with Crippen molar-refractivity contribution in [2.24, 2.45) is 0 Å². The maximum absolute atomic E-state index is 12.7. The molecule has 0 bridgehead atoms. The van der Waals surface area contributed by atoms with Gasteiger partial charge in [-0.3, -0.25) is 9.78 Å². The van der Waals surface area contributed by atoms with Crippen molar-refractivity contribution < 1.29 is 13.2 Å². The minimum absolute atomic E-state index is 0.307. The van der Waals surface area contributed by atoms with Gasteiger partial charge in [0.1, 0.15) is 0 Å². The van der Waals surface area contributed by atoms with Crippen LogP contribution in [0.5, 0.6) is 0 Å². The van der Waals surface area contributed by atoms with Crippen molar-refractivity contribution in [3.63, 3.8) is 0 Å². The Labute approximate surface area is 135 Å². The van der Waals surface area contributed by atoms with E-state index in [4.69, 9.17) is 0 Å². The normalized spacial score (nSPS) is 11.5. The molecule has 0 aliphatic rings. The Morgan fingerprint density at radius 1 is 1.08 bits per heavy atom. The summed E-state index contributed by atoms with van der Waals surface area (Å²) in [6.07, 6.45) is -1.33. The molecule has 4 nitrogen and oxygen atoms in total. The number of hydrogen-bond donors (Lipinski definition) is 0. The van der Waals surface area contributed by atoms with Gasteiger partial charge in [0, 0.05) is 17.3 Å². The van der Waals surface area contributed by atoms with Crippen LogP contribution in [0.15, 0.2) is 59.7 Å². The molecule has 0 atom stereocenters. The van der Waals surface area contributed by atoms with E-state index < -0.39 is 11.7 Å². The largest absolute Gasteiger partial charge is 0.416 e. The number of nitrogens with zero attached hydrogens (tertiary/aromatic N) is 3. The molecule has 0 amide bonds. The van der Waals surface area contributed by atoms with E-state index in [1.165, 1.54) is 23.0 Å². The highest BCUT2D eigenvalue weighted by molar-refractivity contribution is 5.60. The molecule has 0 saturated carbocycles. The number of aromatic nitrogens is 3. The number of benzene rings is 1. The maximum atomic E-state index is 12.7. The van der Waals surface area contributed by atoms with Crippen LogP contribution < -0.4 is 5.56 Å². The van der Waals surface area contributed by atoms with Crippen LogP contribution in [-0.4, -0.2) is 14.8 Å². The lowest BCUT2D eigenvalue weighted by molar-refractivity contribution is -0.137. The fourth-order valence-corrected chi connectivity index (χ4v) is 2.24. The Morgan fingerprint density at radius 2 is 1.79 bits per heavy atom. The predicted octanol–water partition coefficient (Wildman–Crippen LogP) is 3.62. The van der Waals surface area contributed by atoms with Gasteiger partial charge in [-0.1, -0.05) is 12.1 Å². The van der Waals surface area contributed by atoms with E-state index in [0.29, 0.717) is 22.5 Å². The summed E-state index contributed by atoms with van der Waals surface area (Å²) in [6, 6.07) is 9.56. The average Bonchev–Trinajstić information content (AvgIpc) is 2.57. The average molecular weight is 331 g/mol. The highest BCUT2D eigenvalue weighted by Gasteiger charge is 2.30. The molecule has 0 N–H and O–H groups in total. The molecule has 3 rings (SSSR count). The molecule has 2 aromatic heterocycles. The molecule has 0 radical (unpaired) electrons. The molecule has 7 heteroatoms. The summed E-state index contributed by atoms with van der Waals surface area (Å²) >= 11 is 0. The Bertz CT molecular complexity index is 917. The monoisotopic (exact) mass is 331 g/mol. The van der Waals surface area contributed by atoms with Gasteiger partial charge < -0.3 is 0 Å². The van der Waals surface area contributed by atoms with Crippen molar-refractivity contribution >= 4 is 0 Å². The lowest BCUT2D eigenvalue weighted by atomic mass is 10.1. The molecule has 0 aliphatic carbocycles. The molecule has 2 heterocycles. The van der Waals surface area contributed by atoms with Crippen molar-refractivity contribution in [2.45, 2.75) is 13.1 Å².